The van der Waals surface area contributed by atoms with Crippen molar-refractivity contribution in [1.82, 2.24) is 9.62 Å². The Morgan fingerprint density at radius 2 is 1.90 bits per heavy atom. The summed E-state index contributed by atoms with van der Waals surface area (Å²) in [6.45, 7) is 3.23. The van der Waals surface area contributed by atoms with Crippen LogP contribution in [-0.4, -0.2) is 56.9 Å². The van der Waals surface area contributed by atoms with Crippen LogP contribution in [0.3, 0.4) is 0 Å². The van der Waals surface area contributed by atoms with E-state index in [9.17, 15) is 8.42 Å². The normalized spacial score (nSPS) is 33.8. The van der Waals surface area contributed by atoms with Gasteiger partial charge >= 0.3 is 0 Å². The maximum atomic E-state index is 12.4. The highest BCUT2D eigenvalue weighted by atomic mass is 32.2. The van der Waals surface area contributed by atoms with Gasteiger partial charge in [0.15, 0.2) is 0 Å². The number of nitrogens with zero attached hydrogens (tertiary/aromatic N) is 1. The Labute approximate surface area is 122 Å². The molecule has 3 heterocycles. The van der Waals surface area contributed by atoms with Crippen molar-refractivity contribution >= 4 is 10.0 Å². The summed E-state index contributed by atoms with van der Waals surface area (Å²) >= 11 is 0. The molecular weight excluding hydrogens is 276 g/mol. The average molecular weight is 302 g/mol. The first-order chi connectivity index (χ1) is 9.65. The van der Waals surface area contributed by atoms with Crippen molar-refractivity contribution in [2.75, 3.05) is 32.0 Å². The zero-order valence-electron chi connectivity index (χ0n) is 12.1. The molecule has 0 aromatic rings. The molecule has 3 aliphatic rings. The van der Waals surface area contributed by atoms with Crippen molar-refractivity contribution in [3.8, 4) is 0 Å². The molecule has 6 heteroatoms. The average Bonchev–Trinajstić information content (AvgIpc) is 3.11. The summed E-state index contributed by atoms with van der Waals surface area (Å²) in [5.74, 6) is 0.839. The SMILES string of the molecule is O=S(=O)(CC1CCCO1)N1CCC(C2CCCN2)CC1. The summed E-state index contributed by atoms with van der Waals surface area (Å²) in [6, 6.07) is 0.623. The summed E-state index contributed by atoms with van der Waals surface area (Å²) in [5, 5.41) is 3.55. The maximum absolute atomic E-state index is 12.4. The van der Waals surface area contributed by atoms with Crippen LogP contribution in [0.2, 0.25) is 0 Å². The van der Waals surface area contributed by atoms with Gasteiger partial charge in [-0.1, -0.05) is 0 Å². The van der Waals surface area contributed by atoms with Crippen molar-refractivity contribution in [1.29, 1.82) is 0 Å². The molecule has 3 saturated heterocycles. The van der Waals surface area contributed by atoms with E-state index >= 15 is 0 Å². The van der Waals surface area contributed by atoms with E-state index in [1.807, 2.05) is 0 Å². The molecule has 0 radical (unpaired) electrons. The quantitative estimate of drug-likeness (QED) is 0.840. The molecule has 0 amide bonds. The van der Waals surface area contributed by atoms with Crippen LogP contribution in [0.4, 0.5) is 0 Å². The molecule has 0 bridgehead atoms. The van der Waals surface area contributed by atoms with Crippen LogP contribution < -0.4 is 5.32 Å². The van der Waals surface area contributed by atoms with Crippen LogP contribution in [0.25, 0.3) is 0 Å². The summed E-state index contributed by atoms with van der Waals surface area (Å²) < 4.78 is 32.0. The molecule has 0 spiro atoms. The number of sulfonamides is 1. The topological polar surface area (TPSA) is 58.6 Å². The number of hydrogen-bond donors (Lipinski definition) is 1. The van der Waals surface area contributed by atoms with Crippen LogP contribution in [0.15, 0.2) is 0 Å². The Hall–Kier alpha value is -0.170. The maximum Gasteiger partial charge on any atom is 0.216 e. The first-order valence-electron chi connectivity index (χ1n) is 7.98. The Morgan fingerprint density at radius 1 is 1.10 bits per heavy atom. The molecule has 3 fully saturated rings. The van der Waals surface area contributed by atoms with Crippen LogP contribution in [0.1, 0.15) is 38.5 Å². The third-order valence-electron chi connectivity index (χ3n) is 4.98. The highest BCUT2D eigenvalue weighted by Crippen LogP contribution is 2.27. The van der Waals surface area contributed by atoms with Crippen LogP contribution in [-0.2, 0) is 14.8 Å². The number of rotatable bonds is 4. The van der Waals surface area contributed by atoms with Gasteiger partial charge in [-0.25, -0.2) is 12.7 Å². The van der Waals surface area contributed by atoms with Crippen molar-refractivity contribution < 1.29 is 13.2 Å². The second-order valence-corrected chi connectivity index (χ2v) is 8.37. The first-order valence-corrected chi connectivity index (χ1v) is 9.59. The minimum absolute atomic E-state index is 0.0748. The van der Waals surface area contributed by atoms with Gasteiger partial charge in [-0.15, -0.1) is 0 Å². The van der Waals surface area contributed by atoms with Crippen molar-refractivity contribution in [2.24, 2.45) is 5.92 Å². The van der Waals surface area contributed by atoms with Crippen LogP contribution in [0, 0.1) is 5.92 Å². The highest BCUT2D eigenvalue weighted by Gasteiger charge is 2.34. The Morgan fingerprint density at radius 3 is 2.50 bits per heavy atom. The second kappa shape index (κ2) is 6.30. The number of hydrogen-bond acceptors (Lipinski definition) is 4. The summed E-state index contributed by atoms with van der Waals surface area (Å²) in [6.07, 6.45) is 6.34. The largest absolute Gasteiger partial charge is 0.377 e. The molecule has 0 aromatic carbocycles. The van der Waals surface area contributed by atoms with Crippen LogP contribution >= 0.6 is 0 Å². The molecule has 5 nitrogen and oxygen atoms in total. The molecule has 0 aromatic heterocycles. The highest BCUT2D eigenvalue weighted by molar-refractivity contribution is 7.89. The molecule has 2 atom stereocenters. The van der Waals surface area contributed by atoms with E-state index in [1.165, 1.54) is 12.8 Å². The van der Waals surface area contributed by atoms with Gasteiger partial charge in [-0.2, -0.15) is 0 Å². The van der Waals surface area contributed by atoms with Crippen molar-refractivity contribution in [3.05, 3.63) is 0 Å². The van der Waals surface area contributed by atoms with Gasteiger partial charge in [-0.3, -0.25) is 0 Å². The fourth-order valence-electron chi connectivity index (χ4n) is 3.79. The molecule has 3 rings (SSSR count). The van der Waals surface area contributed by atoms with Crippen molar-refractivity contribution in [2.45, 2.75) is 50.7 Å². The molecule has 20 heavy (non-hydrogen) atoms. The summed E-state index contributed by atoms with van der Waals surface area (Å²) in [7, 11) is -3.13. The first kappa shape index (κ1) is 14.8. The lowest BCUT2D eigenvalue weighted by molar-refractivity contribution is 0.125. The third-order valence-corrected chi connectivity index (χ3v) is 6.92. The molecule has 0 aliphatic carbocycles. The van der Waals surface area contributed by atoms with Gasteiger partial charge in [0.1, 0.15) is 0 Å². The van der Waals surface area contributed by atoms with Gasteiger partial charge in [0.25, 0.3) is 0 Å². The fraction of sp³-hybridized carbons (Fsp3) is 1.00. The number of ether oxygens (including phenoxy) is 1. The van der Waals surface area contributed by atoms with Gasteiger partial charge in [0, 0.05) is 25.7 Å². The zero-order valence-corrected chi connectivity index (χ0v) is 12.9. The van der Waals surface area contributed by atoms with Gasteiger partial charge in [0.05, 0.1) is 11.9 Å². The lowest BCUT2D eigenvalue weighted by Gasteiger charge is -2.34. The predicted molar refractivity (Wildman–Crippen MR) is 78.1 cm³/mol. The minimum Gasteiger partial charge on any atom is -0.377 e. The fourth-order valence-corrected chi connectivity index (χ4v) is 5.50. The van der Waals surface area contributed by atoms with E-state index in [2.05, 4.69) is 5.32 Å². The predicted octanol–water partition coefficient (Wildman–Crippen LogP) is 0.959. The lowest BCUT2D eigenvalue weighted by atomic mass is 9.89. The van der Waals surface area contributed by atoms with Gasteiger partial charge < -0.3 is 10.1 Å². The molecule has 2 unspecified atom stereocenters. The van der Waals surface area contributed by atoms with Gasteiger partial charge in [0.2, 0.25) is 10.0 Å². The monoisotopic (exact) mass is 302 g/mol. The number of nitrogens with one attached hydrogen (secondary N) is 1. The summed E-state index contributed by atoms with van der Waals surface area (Å²) in [5.41, 5.74) is 0. The molecule has 1 N–H and O–H groups in total. The Kier molecular flexibility index (Phi) is 4.65. The molecule has 0 saturated carbocycles. The summed E-state index contributed by atoms with van der Waals surface area (Å²) in [4.78, 5) is 0. The third kappa shape index (κ3) is 3.35. The van der Waals surface area contributed by atoms with E-state index in [-0.39, 0.29) is 11.9 Å². The Bertz CT molecular complexity index is 406. The second-order valence-electron chi connectivity index (χ2n) is 6.35. The molecule has 3 aliphatic heterocycles. The standard InChI is InChI=1S/C14H26N2O3S/c17-20(18,11-13-3-2-10-19-13)16-8-5-12(6-9-16)14-4-1-7-15-14/h12-15H,1-11H2. The minimum atomic E-state index is -3.13. The molecule has 116 valence electrons. The van der Waals surface area contributed by atoms with Crippen LogP contribution in [0.5, 0.6) is 0 Å². The van der Waals surface area contributed by atoms with Crippen molar-refractivity contribution in [3.63, 3.8) is 0 Å². The van der Waals surface area contributed by atoms with E-state index < -0.39 is 10.0 Å². The van der Waals surface area contributed by atoms with E-state index in [0.717, 1.165) is 38.8 Å². The smallest absolute Gasteiger partial charge is 0.216 e. The van der Waals surface area contributed by atoms with E-state index in [1.54, 1.807) is 4.31 Å². The zero-order chi connectivity index (χ0) is 14.0. The van der Waals surface area contributed by atoms with E-state index in [4.69, 9.17) is 4.74 Å². The Balaban J connectivity index is 1.51. The molecular formula is C14H26N2O3S. The lowest BCUT2D eigenvalue weighted by Crippen LogP contribution is -2.45. The number of piperidine rings is 1. The van der Waals surface area contributed by atoms with Gasteiger partial charge in [-0.05, 0) is 51.0 Å². The van der Waals surface area contributed by atoms with E-state index in [0.29, 0.717) is 25.0 Å².